The van der Waals surface area contributed by atoms with E-state index in [0.29, 0.717) is 13.0 Å². The SMILES string of the molecule is Cn1n[n+](CCCO)cc1C(C)(C)O. The summed E-state index contributed by atoms with van der Waals surface area (Å²) in [7, 11) is 1.79. The summed E-state index contributed by atoms with van der Waals surface area (Å²) in [6.07, 6.45) is 2.47. The molecule has 14 heavy (non-hydrogen) atoms. The van der Waals surface area contributed by atoms with Gasteiger partial charge in [-0.15, -0.1) is 9.36 Å². The third-order valence-corrected chi connectivity index (χ3v) is 2.04. The predicted molar refractivity (Wildman–Crippen MR) is 50.4 cm³/mol. The molecule has 1 rings (SSSR count). The minimum atomic E-state index is -0.883. The van der Waals surface area contributed by atoms with Gasteiger partial charge >= 0.3 is 0 Å². The van der Waals surface area contributed by atoms with Crippen LogP contribution in [0.1, 0.15) is 26.0 Å². The average Bonchev–Trinajstić information content (AvgIpc) is 2.42. The van der Waals surface area contributed by atoms with Crippen molar-refractivity contribution in [3.8, 4) is 0 Å². The molecule has 0 aliphatic carbocycles. The summed E-state index contributed by atoms with van der Waals surface area (Å²) < 4.78 is 3.38. The Morgan fingerprint density at radius 1 is 1.57 bits per heavy atom. The minimum Gasteiger partial charge on any atom is -0.396 e. The summed E-state index contributed by atoms with van der Waals surface area (Å²) in [4.78, 5) is 0. The monoisotopic (exact) mass is 200 g/mol. The molecular weight excluding hydrogens is 182 g/mol. The van der Waals surface area contributed by atoms with Crippen molar-refractivity contribution in [2.75, 3.05) is 6.61 Å². The standard InChI is InChI=1S/C9H18N3O2/c1-9(2,14)8-7-12(5-4-6-13)10-11(8)3/h7,13-14H,4-6H2,1-3H3/q+1. The van der Waals surface area contributed by atoms with E-state index < -0.39 is 5.60 Å². The highest BCUT2D eigenvalue weighted by Gasteiger charge is 2.27. The quantitative estimate of drug-likeness (QED) is 0.633. The summed E-state index contributed by atoms with van der Waals surface area (Å²) >= 11 is 0. The van der Waals surface area contributed by atoms with Crippen molar-refractivity contribution in [2.24, 2.45) is 7.05 Å². The van der Waals surface area contributed by atoms with Crippen LogP contribution in [0.25, 0.3) is 0 Å². The van der Waals surface area contributed by atoms with Crippen LogP contribution in [-0.4, -0.2) is 26.7 Å². The number of hydrogen-bond donors (Lipinski definition) is 2. The number of nitrogens with zero attached hydrogens (tertiary/aromatic N) is 3. The van der Waals surface area contributed by atoms with Crippen molar-refractivity contribution in [1.82, 2.24) is 9.90 Å². The van der Waals surface area contributed by atoms with Gasteiger partial charge in [0.05, 0.1) is 5.21 Å². The maximum Gasteiger partial charge on any atom is 0.198 e. The fourth-order valence-electron chi connectivity index (χ4n) is 1.37. The molecule has 0 atom stereocenters. The van der Waals surface area contributed by atoms with Crippen molar-refractivity contribution < 1.29 is 14.9 Å². The molecule has 0 aliphatic rings. The van der Waals surface area contributed by atoms with Gasteiger partial charge in [0.2, 0.25) is 0 Å². The van der Waals surface area contributed by atoms with E-state index in [9.17, 15) is 5.11 Å². The molecule has 0 unspecified atom stereocenters. The largest absolute Gasteiger partial charge is 0.396 e. The molecule has 0 aromatic carbocycles. The fraction of sp³-hybridized carbons (Fsp3) is 0.778. The lowest BCUT2D eigenvalue weighted by molar-refractivity contribution is -0.755. The molecule has 80 valence electrons. The van der Waals surface area contributed by atoms with E-state index >= 15 is 0 Å². The molecule has 0 saturated heterocycles. The molecule has 0 bridgehead atoms. The van der Waals surface area contributed by atoms with Crippen molar-refractivity contribution in [1.29, 1.82) is 0 Å². The van der Waals surface area contributed by atoms with Crippen LogP contribution in [0.2, 0.25) is 0 Å². The number of rotatable bonds is 4. The van der Waals surface area contributed by atoms with Crippen LogP contribution in [0.5, 0.6) is 0 Å². The lowest BCUT2D eigenvalue weighted by Gasteiger charge is -2.10. The Morgan fingerprint density at radius 2 is 2.21 bits per heavy atom. The Balaban J connectivity index is 2.83. The van der Waals surface area contributed by atoms with E-state index in [0.717, 1.165) is 5.69 Å². The summed E-state index contributed by atoms with van der Waals surface area (Å²) in [6.45, 7) is 4.27. The molecule has 1 aromatic rings. The molecule has 2 N–H and O–H groups in total. The first kappa shape index (κ1) is 11.1. The first-order valence-corrected chi connectivity index (χ1v) is 4.72. The molecule has 5 nitrogen and oxygen atoms in total. The molecule has 0 aliphatic heterocycles. The predicted octanol–water partition coefficient (Wildman–Crippen LogP) is -0.683. The third kappa shape index (κ3) is 2.52. The molecule has 0 spiro atoms. The average molecular weight is 200 g/mol. The van der Waals surface area contributed by atoms with Gasteiger partial charge in [-0.05, 0) is 13.8 Å². The first-order valence-electron chi connectivity index (χ1n) is 4.72. The zero-order valence-corrected chi connectivity index (χ0v) is 8.93. The second-order valence-corrected chi connectivity index (χ2v) is 3.93. The maximum atomic E-state index is 9.79. The number of aryl methyl sites for hydroxylation is 2. The maximum absolute atomic E-state index is 9.79. The molecule has 0 saturated carbocycles. The van der Waals surface area contributed by atoms with E-state index in [1.54, 1.807) is 36.5 Å². The van der Waals surface area contributed by atoms with Gasteiger partial charge in [0.15, 0.2) is 11.9 Å². The van der Waals surface area contributed by atoms with Gasteiger partial charge in [0.1, 0.15) is 19.2 Å². The Morgan fingerprint density at radius 3 is 2.64 bits per heavy atom. The van der Waals surface area contributed by atoms with Crippen molar-refractivity contribution >= 4 is 0 Å². The Bertz CT molecular complexity index is 301. The highest BCUT2D eigenvalue weighted by Crippen LogP contribution is 2.15. The third-order valence-electron chi connectivity index (χ3n) is 2.04. The summed E-state index contributed by atoms with van der Waals surface area (Å²) in [5.41, 5.74) is -0.123. The smallest absolute Gasteiger partial charge is 0.198 e. The highest BCUT2D eigenvalue weighted by atomic mass is 16.3. The molecule has 1 aromatic heterocycles. The lowest BCUT2D eigenvalue weighted by Crippen LogP contribution is -2.36. The summed E-state index contributed by atoms with van der Waals surface area (Å²) in [6, 6.07) is 0. The number of aromatic nitrogens is 3. The summed E-state index contributed by atoms with van der Waals surface area (Å²) in [5.74, 6) is 0. The van der Waals surface area contributed by atoms with Crippen LogP contribution >= 0.6 is 0 Å². The molecule has 0 amide bonds. The lowest BCUT2D eigenvalue weighted by atomic mass is 10.1. The van der Waals surface area contributed by atoms with Crippen LogP contribution in [-0.2, 0) is 19.2 Å². The Kier molecular flexibility index (Phi) is 3.23. The molecule has 0 fully saturated rings. The minimum absolute atomic E-state index is 0.154. The first-order chi connectivity index (χ1) is 6.45. The topological polar surface area (TPSA) is 62.2 Å². The number of hydrogen-bond acceptors (Lipinski definition) is 3. The zero-order chi connectivity index (χ0) is 10.8. The van der Waals surface area contributed by atoms with E-state index in [4.69, 9.17) is 5.11 Å². The Labute approximate surface area is 83.6 Å². The second kappa shape index (κ2) is 4.06. The van der Waals surface area contributed by atoms with Gasteiger partial charge in [-0.25, -0.2) is 0 Å². The van der Waals surface area contributed by atoms with E-state index in [1.165, 1.54) is 0 Å². The van der Waals surface area contributed by atoms with E-state index in [2.05, 4.69) is 5.21 Å². The molecule has 5 heteroatoms. The molecular formula is C9H18N3O2+. The molecule has 0 radical (unpaired) electrons. The van der Waals surface area contributed by atoms with Crippen LogP contribution in [0.4, 0.5) is 0 Å². The summed E-state index contributed by atoms with van der Waals surface area (Å²) in [5, 5.41) is 22.6. The Hall–Kier alpha value is -0.940. The van der Waals surface area contributed by atoms with Crippen LogP contribution < -0.4 is 4.68 Å². The van der Waals surface area contributed by atoms with Crippen LogP contribution in [0.3, 0.4) is 0 Å². The van der Waals surface area contributed by atoms with Crippen molar-refractivity contribution in [2.45, 2.75) is 32.4 Å². The van der Waals surface area contributed by atoms with Crippen molar-refractivity contribution in [3.05, 3.63) is 11.9 Å². The van der Waals surface area contributed by atoms with Gasteiger partial charge < -0.3 is 10.2 Å². The van der Waals surface area contributed by atoms with Crippen LogP contribution in [0.15, 0.2) is 6.20 Å². The fourth-order valence-corrected chi connectivity index (χ4v) is 1.37. The van der Waals surface area contributed by atoms with Crippen molar-refractivity contribution in [3.63, 3.8) is 0 Å². The molecule has 1 heterocycles. The van der Waals surface area contributed by atoms with Gasteiger partial charge in [0.25, 0.3) is 0 Å². The number of aliphatic hydroxyl groups excluding tert-OH is 1. The van der Waals surface area contributed by atoms with Gasteiger partial charge in [-0.3, -0.25) is 0 Å². The zero-order valence-electron chi connectivity index (χ0n) is 8.93. The van der Waals surface area contributed by atoms with Gasteiger partial charge in [-0.2, -0.15) is 0 Å². The second-order valence-electron chi connectivity index (χ2n) is 3.93. The van der Waals surface area contributed by atoms with Crippen LogP contribution in [0, 0.1) is 0 Å². The van der Waals surface area contributed by atoms with E-state index in [1.807, 2.05) is 0 Å². The highest BCUT2D eigenvalue weighted by molar-refractivity contribution is 5.01. The number of aliphatic hydroxyl groups is 2. The van der Waals surface area contributed by atoms with Gasteiger partial charge in [-0.1, -0.05) is 0 Å². The van der Waals surface area contributed by atoms with Gasteiger partial charge in [0, 0.05) is 13.0 Å². The van der Waals surface area contributed by atoms with E-state index in [-0.39, 0.29) is 6.61 Å². The normalized spacial score (nSPS) is 12.1.